The summed E-state index contributed by atoms with van der Waals surface area (Å²) in [4.78, 5) is 17.9. The Morgan fingerprint density at radius 1 is 1.00 bits per heavy atom. The number of rotatable bonds is 7. The van der Waals surface area contributed by atoms with Crippen LogP contribution in [0.2, 0.25) is 0 Å². The molecule has 2 aliphatic heterocycles. The Morgan fingerprint density at radius 2 is 1.77 bits per heavy atom. The van der Waals surface area contributed by atoms with Gasteiger partial charge in [0.2, 0.25) is 5.91 Å². The first-order valence-electron chi connectivity index (χ1n) is 13.0. The number of hydrogen-bond acceptors (Lipinski definition) is 5. The maximum absolute atomic E-state index is 13.6. The fourth-order valence-corrected chi connectivity index (χ4v) is 5.69. The summed E-state index contributed by atoms with van der Waals surface area (Å²) in [5.74, 6) is 0.864. The Kier molecular flexibility index (Phi) is 7.59. The molecule has 3 aromatic carbocycles. The van der Waals surface area contributed by atoms with E-state index >= 15 is 0 Å². The molecule has 0 spiro atoms. The van der Waals surface area contributed by atoms with E-state index in [-0.39, 0.29) is 18.4 Å². The van der Waals surface area contributed by atoms with Gasteiger partial charge in [0.25, 0.3) is 0 Å². The number of piperazine rings is 1. The molecule has 1 fully saturated rings. The van der Waals surface area contributed by atoms with Crippen molar-refractivity contribution in [2.45, 2.75) is 25.1 Å². The molecule has 3 aromatic rings. The molecule has 1 amide bonds. The smallest absolute Gasteiger partial charge is 0.416 e. The highest BCUT2D eigenvalue weighted by molar-refractivity contribution is 5.82. The number of amides is 1. The lowest BCUT2D eigenvalue weighted by atomic mass is 9.82. The molecular weight excluding hydrogens is 507 g/mol. The second-order valence-corrected chi connectivity index (χ2v) is 9.91. The first-order chi connectivity index (χ1) is 18.8. The fourth-order valence-electron chi connectivity index (χ4n) is 5.69. The molecule has 0 unspecified atom stereocenters. The van der Waals surface area contributed by atoms with E-state index in [9.17, 15) is 18.0 Å². The predicted octanol–water partition coefficient (Wildman–Crippen LogP) is 4.95. The molecule has 0 aliphatic carbocycles. The molecule has 0 aromatic heterocycles. The first-order valence-corrected chi connectivity index (χ1v) is 13.0. The number of carbonyl (C=O) groups is 1. The standard InChI is InChI=1S/C30H32F3N3O3/c1-38-24-10-8-23(9-11-24)35-15-16-36-26-12-7-22(30(31,32)33)17-21(26)18-25(27(36)19-35)29(37)34-14-13-20-5-3-4-6-28(20)39-2/h3-12,17,25,27H,13-16,18-19H2,1-2H3,(H,34,37)/t25-,27+/m1/s1. The lowest BCUT2D eigenvalue weighted by Crippen LogP contribution is -2.61. The summed E-state index contributed by atoms with van der Waals surface area (Å²) in [6, 6.07) is 19.1. The van der Waals surface area contributed by atoms with Crippen molar-refractivity contribution in [3.8, 4) is 11.5 Å². The zero-order valence-electron chi connectivity index (χ0n) is 22.0. The summed E-state index contributed by atoms with van der Waals surface area (Å²) < 4.78 is 51.2. The maximum atomic E-state index is 13.6. The van der Waals surface area contributed by atoms with Gasteiger partial charge in [0.1, 0.15) is 11.5 Å². The normalized spacial score (nSPS) is 18.7. The van der Waals surface area contributed by atoms with Gasteiger partial charge in [-0.15, -0.1) is 0 Å². The highest BCUT2D eigenvalue weighted by atomic mass is 19.4. The fraction of sp³-hybridized carbons (Fsp3) is 0.367. The zero-order valence-corrected chi connectivity index (χ0v) is 22.0. The molecule has 9 heteroatoms. The molecule has 2 atom stereocenters. The third-order valence-corrected chi connectivity index (χ3v) is 7.70. The van der Waals surface area contributed by atoms with Gasteiger partial charge in [-0.3, -0.25) is 4.79 Å². The van der Waals surface area contributed by atoms with E-state index in [1.807, 2.05) is 48.5 Å². The first kappa shape index (κ1) is 26.7. The zero-order chi connectivity index (χ0) is 27.6. The third kappa shape index (κ3) is 5.62. The summed E-state index contributed by atoms with van der Waals surface area (Å²) in [5, 5.41) is 3.05. The van der Waals surface area contributed by atoms with Gasteiger partial charge >= 0.3 is 6.18 Å². The molecule has 2 aliphatic rings. The average Bonchev–Trinajstić information content (AvgIpc) is 2.95. The number of carbonyl (C=O) groups excluding carboxylic acids is 1. The van der Waals surface area contributed by atoms with Crippen molar-refractivity contribution in [1.82, 2.24) is 5.32 Å². The monoisotopic (exact) mass is 539 g/mol. The van der Waals surface area contributed by atoms with Crippen LogP contribution in [0.25, 0.3) is 0 Å². The van der Waals surface area contributed by atoms with Crippen LogP contribution in [0, 0.1) is 5.92 Å². The minimum atomic E-state index is -4.44. The van der Waals surface area contributed by atoms with E-state index in [0.29, 0.717) is 38.2 Å². The van der Waals surface area contributed by atoms with Crippen molar-refractivity contribution < 1.29 is 27.4 Å². The van der Waals surface area contributed by atoms with Gasteiger partial charge in [-0.25, -0.2) is 0 Å². The Bertz CT molecular complexity index is 1310. The predicted molar refractivity (Wildman–Crippen MR) is 145 cm³/mol. The number of fused-ring (bicyclic) bond motifs is 3. The van der Waals surface area contributed by atoms with Gasteiger partial charge in [0, 0.05) is 37.6 Å². The molecule has 1 N–H and O–H groups in total. The Morgan fingerprint density at radius 3 is 2.49 bits per heavy atom. The lowest BCUT2D eigenvalue weighted by molar-refractivity contribution is -0.137. The summed E-state index contributed by atoms with van der Waals surface area (Å²) in [6.07, 6.45) is -3.60. The number of methoxy groups -OCH3 is 2. The largest absolute Gasteiger partial charge is 0.497 e. The molecule has 5 rings (SSSR count). The van der Waals surface area contributed by atoms with E-state index in [1.54, 1.807) is 20.3 Å². The second kappa shape index (κ2) is 11.1. The van der Waals surface area contributed by atoms with Gasteiger partial charge in [0.05, 0.1) is 31.7 Å². The van der Waals surface area contributed by atoms with Crippen LogP contribution in [-0.2, 0) is 23.8 Å². The average molecular weight is 540 g/mol. The number of para-hydroxylation sites is 1. The van der Waals surface area contributed by atoms with Crippen LogP contribution in [-0.4, -0.2) is 52.3 Å². The van der Waals surface area contributed by atoms with E-state index < -0.39 is 17.7 Å². The Balaban J connectivity index is 1.38. The van der Waals surface area contributed by atoms with Crippen LogP contribution in [0.15, 0.2) is 66.7 Å². The molecule has 0 radical (unpaired) electrons. The number of ether oxygens (including phenoxy) is 2. The summed E-state index contributed by atoms with van der Waals surface area (Å²) in [5.41, 5.74) is 2.65. The van der Waals surface area contributed by atoms with Gasteiger partial charge in [0.15, 0.2) is 0 Å². The topological polar surface area (TPSA) is 54.0 Å². The minimum absolute atomic E-state index is 0.153. The van der Waals surface area contributed by atoms with E-state index in [1.165, 1.54) is 6.07 Å². The van der Waals surface area contributed by atoms with Crippen LogP contribution in [0.1, 0.15) is 16.7 Å². The van der Waals surface area contributed by atoms with Crippen molar-refractivity contribution in [2.75, 3.05) is 50.2 Å². The summed E-state index contributed by atoms with van der Waals surface area (Å²) in [6.45, 7) is 2.27. The van der Waals surface area contributed by atoms with Crippen molar-refractivity contribution in [3.63, 3.8) is 0 Å². The highest BCUT2D eigenvalue weighted by Gasteiger charge is 2.42. The number of alkyl halides is 3. The third-order valence-electron chi connectivity index (χ3n) is 7.70. The number of nitrogens with one attached hydrogen (secondary N) is 1. The number of benzene rings is 3. The van der Waals surface area contributed by atoms with Crippen LogP contribution in [0.3, 0.4) is 0 Å². The summed E-state index contributed by atoms with van der Waals surface area (Å²) in [7, 11) is 3.23. The minimum Gasteiger partial charge on any atom is -0.497 e. The Hall–Kier alpha value is -3.88. The van der Waals surface area contributed by atoms with Crippen molar-refractivity contribution in [2.24, 2.45) is 5.92 Å². The highest BCUT2D eigenvalue weighted by Crippen LogP contribution is 2.40. The van der Waals surface area contributed by atoms with Crippen LogP contribution >= 0.6 is 0 Å². The molecular formula is C30H32F3N3O3. The molecule has 206 valence electrons. The van der Waals surface area contributed by atoms with Gasteiger partial charge in [-0.05, 0) is 72.5 Å². The molecule has 39 heavy (non-hydrogen) atoms. The van der Waals surface area contributed by atoms with Crippen LogP contribution in [0.5, 0.6) is 11.5 Å². The van der Waals surface area contributed by atoms with Crippen molar-refractivity contribution in [3.05, 3.63) is 83.4 Å². The molecule has 6 nitrogen and oxygen atoms in total. The van der Waals surface area contributed by atoms with Crippen molar-refractivity contribution in [1.29, 1.82) is 0 Å². The molecule has 0 bridgehead atoms. The van der Waals surface area contributed by atoms with Gasteiger partial charge in [-0.1, -0.05) is 18.2 Å². The number of hydrogen-bond donors (Lipinski definition) is 1. The van der Waals surface area contributed by atoms with Crippen LogP contribution in [0.4, 0.5) is 24.5 Å². The molecule has 0 saturated carbocycles. The number of halogens is 3. The van der Waals surface area contributed by atoms with E-state index in [0.717, 1.165) is 34.5 Å². The molecule has 1 saturated heterocycles. The second-order valence-electron chi connectivity index (χ2n) is 9.91. The molecule has 2 heterocycles. The number of anilines is 2. The van der Waals surface area contributed by atoms with Crippen LogP contribution < -0.4 is 24.6 Å². The SMILES string of the molecule is COc1ccc(N2CCN3c4ccc(C(F)(F)F)cc4C[C@@H](C(=O)NCCc4ccccc4OC)[C@@H]3C2)cc1. The summed E-state index contributed by atoms with van der Waals surface area (Å²) >= 11 is 0. The van der Waals surface area contributed by atoms with E-state index in [2.05, 4.69) is 15.1 Å². The van der Waals surface area contributed by atoms with Gasteiger partial charge < -0.3 is 24.6 Å². The maximum Gasteiger partial charge on any atom is 0.416 e. The Labute approximate surface area is 226 Å². The lowest BCUT2D eigenvalue weighted by Gasteiger charge is -2.49. The van der Waals surface area contributed by atoms with Crippen molar-refractivity contribution >= 4 is 17.3 Å². The number of nitrogens with zero attached hydrogens (tertiary/aromatic N) is 2. The quantitative estimate of drug-likeness (QED) is 0.461. The van der Waals surface area contributed by atoms with Gasteiger partial charge in [-0.2, -0.15) is 13.2 Å². The van der Waals surface area contributed by atoms with E-state index in [4.69, 9.17) is 9.47 Å².